The summed E-state index contributed by atoms with van der Waals surface area (Å²) >= 11 is 0. The van der Waals surface area contributed by atoms with Crippen molar-refractivity contribution in [2.45, 2.75) is 6.04 Å². The summed E-state index contributed by atoms with van der Waals surface area (Å²) in [5.41, 5.74) is 0.814. The third-order valence-corrected chi connectivity index (χ3v) is 2.31. The van der Waals surface area contributed by atoms with E-state index in [-0.39, 0.29) is 11.9 Å². The summed E-state index contributed by atoms with van der Waals surface area (Å²) in [6, 6.07) is 8.00. The van der Waals surface area contributed by atoms with Crippen LogP contribution in [-0.4, -0.2) is 17.0 Å². The molecule has 0 aliphatic heterocycles. The fraction of sp³-hybridized carbons (Fsp3) is 0.167. The number of rotatable bonds is 3. The second-order valence-electron chi connectivity index (χ2n) is 3.38. The minimum Gasteiger partial charge on any atom is -0.307 e. The first kappa shape index (κ1) is 10.7. The minimum absolute atomic E-state index is 0.183. The molecule has 1 atom stereocenters. The van der Waals surface area contributed by atoms with Gasteiger partial charge in [-0.05, 0) is 30.8 Å². The van der Waals surface area contributed by atoms with Crippen molar-refractivity contribution < 1.29 is 4.39 Å². The van der Waals surface area contributed by atoms with Crippen LogP contribution in [0.1, 0.15) is 17.4 Å². The van der Waals surface area contributed by atoms with Gasteiger partial charge in [0.15, 0.2) is 0 Å². The predicted molar refractivity (Wildman–Crippen MR) is 59.3 cm³/mol. The van der Waals surface area contributed by atoms with Gasteiger partial charge in [0, 0.05) is 12.4 Å². The van der Waals surface area contributed by atoms with Crippen LogP contribution in [0, 0.1) is 5.82 Å². The van der Waals surface area contributed by atoms with Gasteiger partial charge in [-0.15, -0.1) is 0 Å². The standard InChI is InChI=1S/C12H12FN3/c1-14-11(12-15-6-3-7-16-12)9-4-2-5-10(13)8-9/h2-8,11,14H,1H3. The van der Waals surface area contributed by atoms with E-state index in [0.29, 0.717) is 5.82 Å². The second-order valence-corrected chi connectivity index (χ2v) is 3.38. The molecule has 4 heteroatoms. The van der Waals surface area contributed by atoms with Crippen molar-refractivity contribution >= 4 is 0 Å². The number of aromatic nitrogens is 2. The first-order valence-corrected chi connectivity index (χ1v) is 5.01. The van der Waals surface area contributed by atoms with Gasteiger partial charge in [0.25, 0.3) is 0 Å². The van der Waals surface area contributed by atoms with Crippen molar-refractivity contribution in [2.75, 3.05) is 7.05 Å². The van der Waals surface area contributed by atoms with E-state index in [1.807, 2.05) is 6.07 Å². The van der Waals surface area contributed by atoms with Gasteiger partial charge in [0.1, 0.15) is 11.6 Å². The molecule has 0 aliphatic rings. The van der Waals surface area contributed by atoms with Crippen LogP contribution in [0.4, 0.5) is 4.39 Å². The van der Waals surface area contributed by atoms with Crippen molar-refractivity contribution in [1.29, 1.82) is 0 Å². The van der Waals surface area contributed by atoms with Crippen LogP contribution in [0.25, 0.3) is 0 Å². The van der Waals surface area contributed by atoms with E-state index >= 15 is 0 Å². The molecule has 0 spiro atoms. The monoisotopic (exact) mass is 217 g/mol. The number of nitrogens with one attached hydrogen (secondary N) is 1. The van der Waals surface area contributed by atoms with Crippen LogP contribution in [0.5, 0.6) is 0 Å². The molecule has 1 aromatic carbocycles. The molecule has 0 bridgehead atoms. The first-order chi connectivity index (χ1) is 7.81. The van der Waals surface area contributed by atoms with Gasteiger partial charge >= 0.3 is 0 Å². The summed E-state index contributed by atoms with van der Waals surface area (Å²) in [7, 11) is 1.80. The van der Waals surface area contributed by atoms with Crippen LogP contribution in [-0.2, 0) is 0 Å². The molecular formula is C12H12FN3. The van der Waals surface area contributed by atoms with Gasteiger partial charge in [0.05, 0.1) is 6.04 Å². The van der Waals surface area contributed by atoms with Crippen LogP contribution >= 0.6 is 0 Å². The van der Waals surface area contributed by atoms with E-state index in [0.717, 1.165) is 5.56 Å². The third kappa shape index (κ3) is 2.23. The Labute approximate surface area is 93.4 Å². The van der Waals surface area contributed by atoms with E-state index in [2.05, 4.69) is 15.3 Å². The Morgan fingerprint density at radius 2 is 1.94 bits per heavy atom. The lowest BCUT2D eigenvalue weighted by Gasteiger charge is -2.14. The maximum absolute atomic E-state index is 13.1. The summed E-state index contributed by atoms with van der Waals surface area (Å²) in [4.78, 5) is 8.32. The fourth-order valence-electron chi connectivity index (χ4n) is 1.59. The van der Waals surface area contributed by atoms with E-state index in [9.17, 15) is 4.39 Å². The average Bonchev–Trinajstić information content (AvgIpc) is 2.31. The molecule has 1 unspecified atom stereocenters. The highest BCUT2D eigenvalue weighted by atomic mass is 19.1. The Balaban J connectivity index is 2.37. The topological polar surface area (TPSA) is 37.8 Å². The molecule has 82 valence electrons. The summed E-state index contributed by atoms with van der Waals surface area (Å²) in [6.07, 6.45) is 3.35. The quantitative estimate of drug-likeness (QED) is 0.853. The average molecular weight is 217 g/mol. The molecule has 0 fully saturated rings. The molecule has 2 aromatic rings. The van der Waals surface area contributed by atoms with Crippen molar-refractivity contribution in [2.24, 2.45) is 0 Å². The highest BCUT2D eigenvalue weighted by molar-refractivity contribution is 5.25. The lowest BCUT2D eigenvalue weighted by atomic mass is 10.1. The minimum atomic E-state index is -0.256. The molecule has 2 rings (SSSR count). The number of hydrogen-bond acceptors (Lipinski definition) is 3. The molecule has 0 aliphatic carbocycles. The SMILES string of the molecule is CNC(c1cccc(F)c1)c1ncccn1. The van der Waals surface area contributed by atoms with Gasteiger partial charge in [-0.1, -0.05) is 12.1 Å². The summed E-state index contributed by atoms with van der Waals surface area (Å²) in [5, 5.41) is 3.07. The van der Waals surface area contributed by atoms with Gasteiger partial charge in [-0.3, -0.25) is 0 Å². The number of benzene rings is 1. The van der Waals surface area contributed by atoms with Gasteiger partial charge in [-0.25, -0.2) is 14.4 Å². The smallest absolute Gasteiger partial charge is 0.149 e. The Morgan fingerprint density at radius 3 is 2.56 bits per heavy atom. The van der Waals surface area contributed by atoms with Crippen LogP contribution < -0.4 is 5.32 Å². The largest absolute Gasteiger partial charge is 0.307 e. The van der Waals surface area contributed by atoms with Gasteiger partial charge in [0.2, 0.25) is 0 Å². The van der Waals surface area contributed by atoms with E-state index < -0.39 is 0 Å². The van der Waals surface area contributed by atoms with Crippen molar-refractivity contribution in [3.8, 4) is 0 Å². The number of nitrogens with zero attached hydrogens (tertiary/aromatic N) is 2. The Morgan fingerprint density at radius 1 is 1.19 bits per heavy atom. The zero-order chi connectivity index (χ0) is 11.4. The van der Waals surface area contributed by atoms with E-state index in [1.54, 1.807) is 31.6 Å². The maximum atomic E-state index is 13.1. The molecule has 0 radical (unpaired) electrons. The summed E-state index contributed by atoms with van der Waals surface area (Å²) in [6.45, 7) is 0. The second kappa shape index (κ2) is 4.81. The Kier molecular flexibility index (Phi) is 3.22. The Hall–Kier alpha value is -1.81. The molecule has 3 nitrogen and oxygen atoms in total. The van der Waals surface area contributed by atoms with Crippen LogP contribution in [0.15, 0.2) is 42.7 Å². The Bertz CT molecular complexity index is 459. The highest BCUT2D eigenvalue weighted by Crippen LogP contribution is 2.18. The number of halogens is 1. The van der Waals surface area contributed by atoms with Gasteiger partial charge in [-0.2, -0.15) is 0 Å². The molecule has 1 N–H and O–H groups in total. The lowest BCUT2D eigenvalue weighted by Crippen LogP contribution is -2.20. The fourth-order valence-corrected chi connectivity index (χ4v) is 1.59. The molecule has 0 amide bonds. The predicted octanol–water partition coefficient (Wildman–Crippen LogP) is 1.92. The zero-order valence-electron chi connectivity index (χ0n) is 8.89. The van der Waals surface area contributed by atoms with Crippen molar-refractivity contribution in [3.63, 3.8) is 0 Å². The maximum Gasteiger partial charge on any atom is 0.149 e. The molecule has 1 aromatic heterocycles. The normalized spacial score (nSPS) is 12.4. The van der Waals surface area contributed by atoms with E-state index in [4.69, 9.17) is 0 Å². The molecule has 0 saturated heterocycles. The third-order valence-electron chi connectivity index (χ3n) is 2.31. The zero-order valence-corrected chi connectivity index (χ0v) is 8.89. The lowest BCUT2D eigenvalue weighted by molar-refractivity contribution is 0.608. The molecule has 16 heavy (non-hydrogen) atoms. The van der Waals surface area contributed by atoms with Crippen LogP contribution in [0.2, 0.25) is 0 Å². The molecular weight excluding hydrogens is 205 g/mol. The number of hydrogen-bond donors (Lipinski definition) is 1. The summed E-state index contributed by atoms with van der Waals surface area (Å²) in [5.74, 6) is 0.379. The van der Waals surface area contributed by atoms with Crippen LogP contribution in [0.3, 0.4) is 0 Å². The van der Waals surface area contributed by atoms with E-state index in [1.165, 1.54) is 12.1 Å². The summed E-state index contributed by atoms with van der Waals surface area (Å²) < 4.78 is 13.1. The first-order valence-electron chi connectivity index (χ1n) is 5.01. The van der Waals surface area contributed by atoms with Gasteiger partial charge < -0.3 is 5.32 Å². The van der Waals surface area contributed by atoms with Crippen molar-refractivity contribution in [1.82, 2.24) is 15.3 Å². The highest BCUT2D eigenvalue weighted by Gasteiger charge is 2.14. The molecule has 1 heterocycles. The van der Waals surface area contributed by atoms with Crippen molar-refractivity contribution in [3.05, 3.63) is 59.9 Å². The molecule has 0 saturated carbocycles.